The van der Waals surface area contributed by atoms with Crippen molar-refractivity contribution in [2.24, 2.45) is 0 Å². The zero-order chi connectivity index (χ0) is 13.8. The van der Waals surface area contributed by atoms with Crippen molar-refractivity contribution in [3.8, 4) is 6.07 Å². The molecule has 1 amide bonds. The Hall–Kier alpha value is -1.91. The van der Waals surface area contributed by atoms with E-state index in [1.165, 1.54) is 43.3 Å². The van der Waals surface area contributed by atoms with Crippen molar-refractivity contribution in [2.75, 3.05) is 20.6 Å². The third-order valence-electron chi connectivity index (χ3n) is 2.31. The van der Waals surface area contributed by atoms with Gasteiger partial charge in [-0.05, 0) is 25.2 Å². The number of nitriles is 1. The predicted octanol–water partition coefficient (Wildman–Crippen LogP) is 0.190. The monoisotopic (exact) mass is 267 g/mol. The molecule has 18 heavy (non-hydrogen) atoms. The number of nitrogens with one attached hydrogen (secondary N) is 1. The smallest absolute Gasteiger partial charge is 0.254 e. The molecule has 0 heterocycles. The summed E-state index contributed by atoms with van der Waals surface area (Å²) in [7, 11) is -0.804. The van der Waals surface area contributed by atoms with E-state index >= 15 is 0 Å². The van der Waals surface area contributed by atoms with E-state index in [1.54, 1.807) is 0 Å². The minimum Gasteiger partial charge on any atom is -0.328 e. The number of hydrogen-bond acceptors (Lipinski definition) is 4. The van der Waals surface area contributed by atoms with Gasteiger partial charge in [0, 0.05) is 12.6 Å². The molecule has 1 N–H and O–H groups in total. The van der Waals surface area contributed by atoms with Gasteiger partial charge in [0.05, 0.1) is 11.0 Å². The average Bonchev–Trinajstić information content (AvgIpc) is 2.38. The van der Waals surface area contributed by atoms with Crippen LogP contribution < -0.4 is 4.72 Å². The van der Waals surface area contributed by atoms with Gasteiger partial charge in [0.2, 0.25) is 10.0 Å². The molecule has 0 aliphatic carbocycles. The Kier molecular flexibility index (Phi) is 4.42. The van der Waals surface area contributed by atoms with Crippen molar-refractivity contribution in [1.29, 1.82) is 5.26 Å². The zero-order valence-corrected chi connectivity index (χ0v) is 10.9. The summed E-state index contributed by atoms with van der Waals surface area (Å²) in [5.41, 5.74) is 0.226. The number of benzene rings is 1. The lowest BCUT2D eigenvalue weighted by atomic mass is 10.2. The lowest BCUT2D eigenvalue weighted by Gasteiger charge is -2.13. The van der Waals surface area contributed by atoms with Crippen LogP contribution in [0, 0.1) is 11.3 Å². The molecule has 0 saturated carbocycles. The lowest BCUT2D eigenvalue weighted by molar-refractivity contribution is 0.0811. The second-order valence-corrected chi connectivity index (χ2v) is 5.44. The Labute approximate surface area is 106 Å². The van der Waals surface area contributed by atoms with E-state index in [2.05, 4.69) is 4.72 Å². The van der Waals surface area contributed by atoms with Gasteiger partial charge >= 0.3 is 0 Å². The van der Waals surface area contributed by atoms with Crippen LogP contribution in [0.15, 0.2) is 29.2 Å². The largest absolute Gasteiger partial charge is 0.328 e. The maximum absolute atomic E-state index is 11.9. The maximum atomic E-state index is 11.9. The fourth-order valence-electron chi connectivity index (χ4n) is 1.31. The van der Waals surface area contributed by atoms with Crippen molar-refractivity contribution in [2.45, 2.75) is 4.90 Å². The molecular formula is C11H13N3O3S. The topological polar surface area (TPSA) is 90.3 Å². The van der Waals surface area contributed by atoms with Crippen LogP contribution in [0.25, 0.3) is 0 Å². The normalized spacial score (nSPS) is 10.7. The van der Waals surface area contributed by atoms with Crippen LogP contribution in [-0.4, -0.2) is 39.9 Å². The summed E-state index contributed by atoms with van der Waals surface area (Å²) in [6.07, 6.45) is 0. The number of carbonyl (C=O) groups excluding carboxylic acids is 1. The maximum Gasteiger partial charge on any atom is 0.254 e. The molecule has 1 rings (SSSR count). The van der Waals surface area contributed by atoms with E-state index in [1.807, 2.05) is 6.07 Å². The molecule has 7 heteroatoms. The first kappa shape index (κ1) is 14.2. The molecule has 0 unspecified atom stereocenters. The molecule has 0 radical (unpaired) electrons. The number of nitrogens with zero attached hydrogens (tertiary/aromatic N) is 2. The molecule has 0 saturated heterocycles. The third-order valence-corrected chi connectivity index (χ3v) is 3.73. The number of rotatable bonds is 4. The number of carbonyl (C=O) groups is 1. The summed E-state index contributed by atoms with van der Waals surface area (Å²) in [6, 6.07) is 7.51. The van der Waals surface area contributed by atoms with Crippen LogP contribution in [0.2, 0.25) is 0 Å². The van der Waals surface area contributed by atoms with Gasteiger partial charge < -0.3 is 4.90 Å². The van der Waals surface area contributed by atoms with Gasteiger partial charge in [0.15, 0.2) is 0 Å². The Bertz CT molecular complexity index is 590. The minimum atomic E-state index is -3.58. The van der Waals surface area contributed by atoms with Crippen LogP contribution in [0.4, 0.5) is 0 Å². The van der Waals surface area contributed by atoms with Crippen molar-refractivity contribution in [3.63, 3.8) is 0 Å². The molecule has 0 atom stereocenters. The van der Waals surface area contributed by atoms with Crippen LogP contribution in [-0.2, 0) is 10.0 Å². The van der Waals surface area contributed by atoms with Gasteiger partial charge in [-0.1, -0.05) is 6.07 Å². The highest BCUT2D eigenvalue weighted by Crippen LogP contribution is 2.12. The average molecular weight is 267 g/mol. The summed E-state index contributed by atoms with van der Waals surface area (Å²) in [5.74, 6) is -0.398. The van der Waals surface area contributed by atoms with E-state index in [9.17, 15) is 13.2 Å². The van der Waals surface area contributed by atoms with Gasteiger partial charge in [0.1, 0.15) is 6.54 Å². The van der Waals surface area contributed by atoms with Crippen LogP contribution in [0.3, 0.4) is 0 Å². The summed E-state index contributed by atoms with van der Waals surface area (Å²) >= 11 is 0. The Morgan fingerprint density at radius 2 is 2.17 bits per heavy atom. The van der Waals surface area contributed by atoms with E-state index in [-0.39, 0.29) is 17.0 Å². The number of amides is 1. The first-order chi connectivity index (χ1) is 8.42. The van der Waals surface area contributed by atoms with Gasteiger partial charge in [-0.2, -0.15) is 5.26 Å². The van der Waals surface area contributed by atoms with E-state index in [0.717, 1.165) is 0 Å². The molecule has 0 spiro atoms. The molecule has 96 valence electrons. The number of hydrogen-bond donors (Lipinski definition) is 1. The molecule has 1 aromatic carbocycles. The highest BCUT2D eigenvalue weighted by Gasteiger charge is 2.16. The SMILES string of the molecule is CNS(=O)(=O)c1cccc(C(=O)N(C)CC#N)c1. The first-order valence-electron chi connectivity index (χ1n) is 5.08. The van der Waals surface area contributed by atoms with Crippen molar-refractivity contribution in [3.05, 3.63) is 29.8 Å². The molecular weight excluding hydrogens is 254 g/mol. The predicted molar refractivity (Wildman–Crippen MR) is 65.3 cm³/mol. The van der Waals surface area contributed by atoms with E-state index < -0.39 is 15.9 Å². The Morgan fingerprint density at radius 1 is 1.50 bits per heavy atom. The standard InChI is InChI=1S/C11H13N3O3S/c1-13-18(16,17)10-5-3-4-9(8-10)11(15)14(2)7-6-12/h3-5,8,13H,7H2,1-2H3. The molecule has 0 bridgehead atoms. The fourth-order valence-corrected chi connectivity index (χ4v) is 2.09. The zero-order valence-electron chi connectivity index (χ0n) is 10.0. The van der Waals surface area contributed by atoms with E-state index in [4.69, 9.17) is 5.26 Å². The van der Waals surface area contributed by atoms with Gasteiger partial charge in [0.25, 0.3) is 5.91 Å². The minimum absolute atomic E-state index is 0.0150. The van der Waals surface area contributed by atoms with Crippen LogP contribution >= 0.6 is 0 Å². The summed E-state index contributed by atoms with van der Waals surface area (Å²) in [4.78, 5) is 13.1. The quantitative estimate of drug-likeness (QED) is 0.788. The summed E-state index contributed by atoms with van der Waals surface area (Å²) in [5, 5.41) is 8.50. The highest BCUT2D eigenvalue weighted by molar-refractivity contribution is 7.89. The molecule has 6 nitrogen and oxygen atoms in total. The van der Waals surface area contributed by atoms with E-state index in [0.29, 0.717) is 0 Å². The molecule has 0 aromatic heterocycles. The van der Waals surface area contributed by atoms with Crippen molar-refractivity contribution < 1.29 is 13.2 Å². The Morgan fingerprint density at radius 3 is 2.72 bits per heavy atom. The first-order valence-corrected chi connectivity index (χ1v) is 6.56. The second-order valence-electron chi connectivity index (χ2n) is 3.55. The molecule has 0 aliphatic heterocycles. The fraction of sp³-hybridized carbons (Fsp3) is 0.273. The van der Waals surface area contributed by atoms with Crippen LogP contribution in [0.1, 0.15) is 10.4 Å². The highest BCUT2D eigenvalue weighted by atomic mass is 32.2. The molecule has 1 aromatic rings. The van der Waals surface area contributed by atoms with Gasteiger partial charge in [-0.25, -0.2) is 13.1 Å². The van der Waals surface area contributed by atoms with Gasteiger partial charge in [-0.3, -0.25) is 4.79 Å². The summed E-state index contributed by atoms with van der Waals surface area (Å²) < 4.78 is 25.3. The van der Waals surface area contributed by atoms with Gasteiger partial charge in [-0.15, -0.1) is 0 Å². The van der Waals surface area contributed by atoms with Crippen LogP contribution in [0.5, 0.6) is 0 Å². The van der Waals surface area contributed by atoms with Crippen molar-refractivity contribution in [1.82, 2.24) is 9.62 Å². The summed E-state index contributed by atoms with van der Waals surface area (Å²) in [6.45, 7) is -0.0537. The van der Waals surface area contributed by atoms with Crippen molar-refractivity contribution >= 4 is 15.9 Å². The lowest BCUT2D eigenvalue weighted by Crippen LogP contribution is -2.27. The Balaban J connectivity index is 3.11. The third kappa shape index (κ3) is 3.06. The molecule has 0 fully saturated rings. The number of sulfonamides is 1. The second kappa shape index (κ2) is 5.62. The molecule has 0 aliphatic rings.